The van der Waals surface area contributed by atoms with E-state index in [1.54, 1.807) is 31.3 Å². The Hall–Kier alpha value is -3.30. The summed E-state index contributed by atoms with van der Waals surface area (Å²) in [6, 6.07) is 8.76. The predicted molar refractivity (Wildman–Crippen MR) is 107 cm³/mol. The van der Waals surface area contributed by atoms with E-state index in [0.717, 1.165) is 5.56 Å². The number of pyridine rings is 2. The first-order valence-corrected chi connectivity index (χ1v) is 9.11. The van der Waals surface area contributed by atoms with Crippen LogP contribution in [0.1, 0.15) is 28.5 Å². The predicted octanol–water partition coefficient (Wildman–Crippen LogP) is 2.74. The maximum absolute atomic E-state index is 13.0. The van der Waals surface area contributed by atoms with E-state index in [0.29, 0.717) is 47.2 Å². The van der Waals surface area contributed by atoms with Gasteiger partial charge in [0, 0.05) is 17.8 Å². The normalized spacial score (nSPS) is 12.1. The summed E-state index contributed by atoms with van der Waals surface area (Å²) in [4.78, 5) is 30.1. The molecule has 0 bridgehead atoms. The number of carbonyl (C=O) groups is 1. The Bertz CT molecular complexity index is 1200. The Morgan fingerprint density at radius 2 is 2.14 bits per heavy atom. The van der Waals surface area contributed by atoms with Crippen molar-refractivity contribution in [3.63, 3.8) is 0 Å². The molecule has 0 atom stereocenters. The molecule has 0 saturated carbocycles. The maximum atomic E-state index is 13.0. The summed E-state index contributed by atoms with van der Waals surface area (Å²) >= 11 is 5.88. The summed E-state index contributed by atoms with van der Waals surface area (Å²) in [5.74, 6) is 5.55. The molecule has 7 heteroatoms. The number of carbonyl (C=O) groups excluding carboxylic acids is 1. The van der Waals surface area contributed by atoms with Crippen LogP contribution in [0.3, 0.4) is 0 Å². The standard InChI is InChI=1S/C21H16ClN3O3/c1-2-3-15-10-16-18-21(24-15)28-9-8-25(18)12-17(19(16)26)20(27)23-11-13-4-6-14(22)7-5-13/h4-7,10,12H,8-9,11H2,1H3,(H,23,27). The number of halogens is 1. The third-order valence-corrected chi connectivity index (χ3v) is 4.71. The molecular formula is C21H16ClN3O3. The molecule has 1 aromatic carbocycles. The van der Waals surface area contributed by atoms with Gasteiger partial charge in [0.2, 0.25) is 11.3 Å². The van der Waals surface area contributed by atoms with Gasteiger partial charge in [-0.15, -0.1) is 0 Å². The van der Waals surface area contributed by atoms with Gasteiger partial charge in [0.25, 0.3) is 5.91 Å². The van der Waals surface area contributed by atoms with Crippen LogP contribution in [0.4, 0.5) is 0 Å². The van der Waals surface area contributed by atoms with Crippen molar-refractivity contribution >= 4 is 28.4 Å². The van der Waals surface area contributed by atoms with Crippen molar-refractivity contribution in [1.29, 1.82) is 0 Å². The van der Waals surface area contributed by atoms with E-state index in [9.17, 15) is 9.59 Å². The molecule has 0 fully saturated rings. The Morgan fingerprint density at radius 3 is 2.89 bits per heavy atom. The highest BCUT2D eigenvalue weighted by molar-refractivity contribution is 6.30. The van der Waals surface area contributed by atoms with Crippen molar-refractivity contribution < 1.29 is 9.53 Å². The molecule has 0 saturated heterocycles. The number of nitrogens with one attached hydrogen (secondary N) is 1. The highest BCUT2D eigenvalue weighted by Gasteiger charge is 2.22. The molecule has 1 aliphatic heterocycles. The molecule has 140 valence electrons. The molecule has 0 radical (unpaired) electrons. The smallest absolute Gasteiger partial charge is 0.257 e. The van der Waals surface area contributed by atoms with Gasteiger partial charge in [0.15, 0.2) is 0 Å². The maximum Gasteiger partial charge on any atom is 0.257 e. The number of rotatable bonds is 3. The minimum absolute atomic E-state index is 0.0796. The summed E-state index contributed by atoms with van der Waals surface area (Å²) in [6.07, 6.45) is 1.57. The van der Waals surface area contributed by atoms with E-state index >= 15 is 0 Å². The summed E-state index contributed by atoms with van der Waals surface area (Å²) in [6.45, 7) is 2.93. The lowest BCUT2D eigenvalue weighted by Crippen LogP contribution is -2.31. The van der Waals surface area contributed by atoms with Crippen LogP contribution in [-0.4, -0.2) is 22.1 Å². The zero-order chi connectivity index (χ0) is 19.7. The molecule has 28 heavy (non-hydrogen) atoms. The monoisotopic (exact) mass is 393 g/mol. The van der Waals surface area contributed by atoms with Crippen molar-refractivity contribution in [1.82, 2.24) is 14.9 Å². The third-order valence-electron chi connectivity index (χ3n) is 4.46. The van der Waals surface area contributed by atoms with E-state index in [1.165, 1.54) is 0 Å². The topological polar surface area (TPSA) is 73.2 Å². The Morgan fingerprint density at radius 1 is 1.36 bits per heavy atom. The van der Waals surface area contributed by atoms with Gasteiger partial charge in [-0.2, -0.15) is 0 Å². The third kappa shape index (κ3) is 3.32. The first-order valence-electron chi connectivity index (χ1n) is 8.73. The fourth-order valence-corrected chi connectivity index (χ4v) is 3.27. The Balaban J connectivity index is 1.73. The molecule has 1 aliphatic rings. The molecule has 3 aromatic rings. The van der Waals surface area contributed by atoms with Crippen LogP contribution in [0.2, 0.25) is 5.02 Å². The minimum atomic E-state index is -0.432. The fraction of sp³-hybridized carbons (Fsp3) is 0.190. The van der Waals surface area contributed by atoms with E-state index in [1.807, 2.05) is 16.7 Å². The molecular weight excluding hydrogens is 378 g/mol. The van der Waals surface area contributed by atoms with E-state index in [4.69, 9.17) is 16.3 Å². The molecule has 0 aliphatic carbocycles. The molecule has 4 rings (SSSR count). The summed E-state index contributed by atoms with van der Waals surface area (Å²) in [5, 5.41) is 3.79. The van der Waals surface area contributed by atoms with Crippen molar-refractivity contribution in [3.05, 3.63) is 68.6 Å². The summed E-state index contributed by atoms with van der Waals surface area (Å²) in [5.41, 5.74) is 1.63. The average Bonchev–Trinajstić information content (AvgIpc) is 2.70. The zero-order valence-corrected chi connectivity index (χ0v) is 15.8. The van der Waals surface area contributed by atoms with Crippen LogP contribution in [0.25, 0.3) is 10.9 Å². The van der Waals surface area contributed by atoms with Gasteiger partial charge in [0.05, 0.1) is 11.9 Å². The largest absolute Gasteiger partial charge is 0.474 e. The average molecular weight is 394 g/mol. The van der Waals surface area contributed by atoms with Crippen molar-refractivity contribution in [2.75, 3.05) is 6.61 Å². The number of hydrogen-bond acceptors (Lipinski definition) is 4. The number of amides is 1. The first kappa shape index (κ1) is 18.1. The summed E-state index contributed by atoms with van der Waals surface area (Å²) < 4.78 is 7.44. The first-order chi connectivity index (χ1) is 13.6. The van der Waals surface area contributed by atoms with Gasteiger partial charge in [-0.1, -0.05) is 29.7 Å². The number of hydrogen-bond donors (Lipinski definition) is 1. The van der Waals surface area contributed by atoms with Gasteiger partial charge in [0.1, 0.15) is 23.4 Å². The Kier molecular flexibility index (Phi) is 4.76. The lowest BCUT2D eigenvalue weighted by molar-refractivity contribution is 0.0949. The highest BCUT2D eigenvalue weighted by atomic mass is 35.5. The fourth-order valence-electron chi connectivity index (χ4n) is 3.14. The van der Waals surface area contributed by atoms with Gasteiger partial charge in [-0.3, -0.25) is 9.59 Å². The van der Waals surface area contributed by atoms with Gasteiger partial charge in [-0.05, 0) is 36.6 Å². The number of nitrogens with zero attached hydrogens (tertiary/aromatic N) is 2. The van der Waals surface area contributed by atoms with E-state index in [-0.39, 0.29) is 11.0 Å². The van der Waals surface area contributed by atoms with Gasteiger partial charge in [-0.25, -0.2) is 4.98 Å². The lowest BCUT2D eigenvalue weighted by Gasteiger charge is -2.20. The van der Waals surface area contributed by atoms with E-state index in [2.05, 4.69) is 22.1 Å². The molecule has 0 unspecified atom stereocenters. The van der Waals surface area contributed by atoms with Crippen LogP contribution in [0.5, 0.6) is 5.88 Å². The molecule has 1 N–H and O–H groups in total. The summed E-state index contributed by atoms with van der Waals surface area (Å²) in [7, 11) is 0. The second-order valence-electron chi connectivity index (χ2n) is 6.31. The molecule has 6 nitrogen and oxygen atoms in total. The van der Waals surface area contributed by atoms with Crippen LogP contribution >= 0.6 is 11.6 Å². The van der Waals surface area contributed by atoms with Crippen LogP contribution < -0.4 is 15.5 Å². The quantitative estimate of drug-likeness (QED) is 0.694. The second kappa shape index (κ2) is 7.37. The van der Waals surface area contributed by atoms with E-state index < -0.39 is 5.91 Å². The molecule has 1 amide bonds. The zero-order valence-electron chi connectivity index (χ0n) is 15.1. The molecule has 2 aromatic heterocycles. The number of aromatic nitrogens is 2. The minimum Gasteiger partial charge on any atom is -0.474 e. The number of benzene rings is 1. The second-order valence-corrected chi connectivity index (χ2v) is 6.74. The molecule has 3 heterocycles. The van der Waals surface area contributed by atoms with Crippen LogP contribution in [0.15, 0.2) is 41.3 Å². The van der Waals surface area contributed by atoms with Crippen LogP contribution in [-0.2, 0) is 13.1 Å². The van der Waals surface area contributed by atoms with Crippen molar-refractivity contribution in [3.8, 4) is 17.7 Å². The lowest BCUT2D eigenvalue weighted by atomic mass is 10.1. The SMILES string of the molecule is CC#Cc1cc2c(=O)c(C(=O)NCc3ccc(Cl)cc3)cn3c2c(n1)OCC3. The molecule has 0 spiro atoms. The number of ether oxygens (including phenoxy) is 1. The van der Waals surface area contributed by atoms with Gasteiger partial charge < -0.3 is 14.6 Å². The van der Waals surface area contributed by atoms with Crippen molar-refractivity contribution in [2.24, 2.45) is 0 Å². The van der Waals surface area contributed by atoms with Crippen molar-refractivity contribution in [2.45, 2.75) is 20.0 Å². The Labute approximate surface area is 166 Å². The van der Waals surface area contributed by atoms with Crippen LogP contribution in [0, 0.1) is 11.8 Å². The highest BCUT2D eigenvalue weighted by Crippen LogP contribution is 2.26. The van der Waals surface area contributed by atoms with Gasteiger partial charge >= 0.3 is 0 Å².